The quantitative estimate of drug-likeness (QED) is 0.781. The largest absolute Gasteiger partial charge is 0.495 e. The molecule has 100 valence electrons. The van der Waals surface area contributed by atoms with Gasteiger partial charge in [-0.1, -0.05) is 12.1 Å². The van der Waals surface area contributed by atoms with E-state index in [4.69, 9.17) is 4.74 Å². The van der Waals surface area contributed by atoms with E-state index >= 15 is 0 Å². The number of rotatable bonds is 7. The Labute approximate surface area is 108 Å². The monoisotopic (exact) mass is 270 g/mol. The highest BCUT2D eigenvalue weighted by molar-refractivity contribution is 7.92. The van der Waals surface area contributed by atoms with Crippen LogP contribution in [0.1, 0.15) is 12.8 Å². The van der Waals surface area contributed by atoms with Crippen LogP contribution in [0.4, 0.5) is 5.69 Å². The minimum atomic E-state index is -3.33. The van der Waals surface area contributed by atoms with Crippen molar-refractivity contribution in [3.8, 4) is 5.75 Å². The van der Waals surface area contributed by atoms with Crippen molar-refractivity contribution in [2.45, 2.75) is 18.9 Å². The molecule has 2 rings (SSSR count). The highest BCUT2D eigenvalue weighted by Gasteiger charge is 2.21. The molecule has 0 heterocycles. The van der Waals surface area contributed by atoms with Crippen molar-refractivity contribution in [3.63, 3.8) is 0 Å². The van der Waals surface area contributed by atoms with E-state index in [0.717, 1.165) is 12.8 Å². The zero-order valence-electron chi connectivity index (χ0n) is 10.3. The van der Waals surface area contributed by atoms with Crippen LogP contribution in [-0.4, -0.2) is 33.9 Å². The van der Waals surface area contributed by atoms with Crippen LogP contribution in [0.15, 0.2) is 24.3 Å². The van der Waals surface area contributed by atoms with E-state index in [-0.39, 0.29) is 5.75 Å². The van der Waals surface area contributed by atoms with E-state index in [2.05, 4.69) is 10.0 Å². The summed E-state index contributed by atoms with van der Waals surface area (Å²) < 4.78 is 31.4. The normalized spacial score (nSPS) is 15.4. The van der Waals surface area contributed by atoms with Crippen molar-refractivity contribution in [2.24, 2.45) is 0 Å². The molecule has 2 N–H and O–H groups in total. The summed E-state index contributed by atoms with van der Waals surface area (Å²) in [5.74, 6) is 0.595. The lowest BCUT2D eigenvalue weighted by atomic mass is 10.3. The van der Waals surface area contributed by atoms with Gasteiger partial charge in [0.2, 0.25) is 10.0 Å². The predicted octanol–water partition coefficient (Wildman–Crippen LogP) is 1.19. The standard InChI is InChI=1S/C12H18N2O3S/c1-17-12-5-3-2-4-11(12)14-18(15,16)9-8-13-10-6-7-10/h2-5,10,13-14H,6-9H2,1H3. The van der Waals surface area contributed by atoms with Gasteiger partial charge in [0.25, 0.3) is 0 Å². The Morgan fingerprint density at radius 3 is 2.72 bits per heavy atom. The summed E-state index contributed by atoms with van der Waals surface area (Å²) in [6.07, 6.45) is 2.31. The van der Waals surface area contributed by atoms with Gasteiger partial charge in [-0.2, -0.15) is 0 Å². The number of sulfonamides is 1. The number of anilines is 1. The lowest BCUT2D eigenvalue weighted by Crippen LogP contribution is -2.28. The van der Waals surface area contributed by atoms with Crippen LogP contribution in [-0.2, 0) is 10.0 Å². The van der Waals surface area contributed by atoms with E-state index < -0.39 is 10.0 Å². The predicted molar refractivity (Wildman–Crippen MR) is 71.4 cm³/mol. The van der Waals surface area contributed by atoms with E-state index in [1.54, 1.807) is 24.3 Å². The molecule has 0 unspecified atom stereocenters. The number of hydrogen-bond donors (Lipinski definition) is 2. The van der Waals surface area contributed by atoms with Crippen LogP contribution < -0.4 is 14.8 Å². The van der Waals surface area contributed by atoms with Gasteiger partial charge < -0.3 is 10.1 Å². The third kappa shape index (κ3) is 3.89. The molecule has 0 bridgehead atoms. The van der Waals surface area contributed by atoms with Gasteiger partial charge in [0.15, 0.2) is 0 Å². The number of hydrogen-bond acceptors (Lipinski definition) is 4. The van der Waals surface area contributed by atoms with Crippen molar-refractivity contribution in [1.82, 2.24) is 5.32 Å². The number of ether oxygens (including phenoxy) is 1. The molecule has 0 saturated heterocycles. The molecule has 1 aliphatic carbocycles. The van der Waals surface area contributed by atoms with Crippen molar-refractivity contribution < 1.29 is 13.2 Å². The minimum absolute atomic E-state index is 0.0710. The molecule has 6 heteroatoms. The molecule has 1 fully saturated rings. The van der Waals surface area contributed by atoms with Crippen LogP contribution in [0.5, 0.6) is 5.75 Å². The smallest absolute Gasteiger partial charge is 0.234 e. The molecule has 1 saturated carbocycles. The molecule has 0 aliphatic heterocycles. The van der Waals surface area contributed by atoms with Crippen molar-refractivity contribution in [3.05, 3.63) is 24.3 Å². The molecule has 1 aliphatic rings. The van der Waals surface area contributed by atoms with Crippen molar-refractivity contribution >= 4 is 15.7 Å². The maximum Gasteiger partial charge on any atom is 0.234 e. The maximum atomic E-state index is 11.9. The van der Waals surface area contributed by atoms with Crippen LogP contribution in [0.2, 0.25) is 0 Å². The SMILES string of the molecule is COc1ccccc1NS(=O)(=O)CCNC1CC1. The summed E-state index contributed by atoms with van der Waals surface area (Å²) in [5, 5.41) is 3.18. The second-order valence-corrected chi connectivity index (χ2v) is 6.19. The fraction of sp³-hybridized carbons (Fsp3) is 0.500. The van der Waals surface area contributed by atoms with Gasteiger partial charge in [-0.15, -0.1) is 0 Å². The number of methoxy groups -OCH3 is 1. The second kappa shape index (κ2) is 5.58. The van der Waals surface area contributed by atoms with Gasteiger partial charge in [0.05, 0.1) is 18.6 Å². The van der Waals surface area contributed by atoms with Crippen molar-refractivity contribution in [2.75, 3.05) is 24.1 Å². The van der Waals surface area contributed by atoms with Gasteiger partial charge >= 0.3 is 0 Å². The van der Waals surface area contributed by atoms with E-state index in [9.17, 15) is 8.42 Å². The zero-order chi connectivity index (χ0) is 13.0. The average molecular weight is 270 g/mol. The highest BCUT2D eigenvalue weighted by atomic mass is 32.2. The molecule has 0 spiro atoms. The van der Waals surface area contributed by atoms with Crippen LogP contribution in [0.3, 0.4) is 0 Å². The Kier molecular flexibility index (Phi) is 4.08. The third-order valence-corrected chi connectivity index (χ3v) is 4.03. The Morgan fingerprint density at radius 2 is 2.06 bits per heavy atom. The van der Waals surface area contributed by atoms with Gasteiger partial charge in [-0.05, 0) is 25.0 Å². The Bertz CT molecular complexity index is 498. The van der Waals surface area contributed by atoms with Crippen LogP contribution in [0, 0.1) is 0 Å². The summed E-state index contributed by atoms with van der Waals surface area (Å²) >= 11 is 0. The first-order chi connectivity index (χ1) is 8.61. The molecule has 0 radical (unpaired) electrons. The molecule has 5 nitrogen and oxygen atoms in total. The fourth-order valence-electron chi connectivity index (χ4n) is 1.63. The Morgan fingerprint density at radius 1 is 1.33 bits per heavy atom. The van der Waals surface area contributed by atoms with Gasteiger partial charge in [-0.25, -0.2) is 8.42 Å². The first kappa shape index (κ1) is 13.2. The number of benzene rings is 1. The molecular weight excluding hydrogens is 252 g/mol. The highest BCUT2D eigenvalue weighted by Crippen LogP contribution is 2.24. The summed E-state index contributed by atoms with van der Waals surface area (Å²) in [5.41, 5.74) is 0.478. The first-order valence-electron chi connectivity index (χ1n) is 5.97. The van der Waals surface area contributed by atoms with Gasteiger partial charge in [-0.3, -0.25) is 4.72 Å². The first-order valence-corrected chi connectivity index (χ1v) is 7.63. The van der Waals surface area contributed by atoms with Crippen LogP contribution >= 0.6 is 0 Å². The van der Waals surface area contributed by atoms with E-state index in [1.807, 2.05) is 0 Å². The summed E-state index contributed by atoms with van der Waals surface area (Å²) in [6.45, 7) is 0.481. The fourth-order valence-corrected chi connectivity index (χ4v) is 2.62. The summed E-state index contributed by atoms with van der Waals surface area (Å²) in [7, 11) is -1.81. The van der Waals surface area contributed by atoms with E-state index in [0.29, 0.717) is 24.0 Å². The summed E-state index contributed by atoms with van der Waals surface area (Å²) in [4.78, 5) is 0. The molecule has 0 amide bonds. The zero-order valence-corrected chi connectivity index (χ0v) is 11.2. The molecule has 0 atom stereocenters. The molecule has 0 aromatic heterocycles. The number of nitrogens with one attached hydrogen (secondary N) is 2. The lowest BCUT2D eigenvalue weighted by molar-refractivity contribution is 0.417. The second-order valence-electron chi connectivity index (χ2n) is 4.35. The van der Waals surface area contributed by atoms with Crippen molar-refractivity contribution in [1.29, 1.82) is 0 Å². The molecule has 1 aromatic carbocycles. The van der Waals surface area contributed by atoms with Gasteiger partial charge in [0.1, 0.15) is 5.75 Å². The lowest BCUT2D eigenvalue weighted by Gasteiger charge is -2.11. The summed E-state index contributed by atoms with van der Waals surface area (Å²) in [6, 6.07) is 7.49. The average Bonchev–Trinajstić information content (AvgIpc) is 3.13. The Hall–Kier alpha value is -1.27. The number of para-hydroxylation sites is 2. The van der Waals surface area contributed by atoms with Gasteiger partial charge in [0, 0.05) is 12.6 Å². The minimum Gasteiger partial charge on any atom is -0.495 e. The third-order valence-electron chi connectivity index (χ3n) is 2.75. The molecular formula is C12H18N2O3S. The molecule has 18 heavy (non-hydrogen) atoms. The van der Waals surface area contributed by atoms with Crippen LogP contribution in [0.25, 0.3) is 0 Å². The maximum absolute atomic E-state index is 11.9. The Balaban J connectivity index is 1.93. The van der Waals surface area contributed by atoms with E-state index in [1.165, 1.54) is 7.11 Å². The molecule has 1 aromatic rings. The topological polar surface area (TPSA) is 67.4 Å².